The van der Waals surface area contributed by atoms with Crippen LogP contribution in [0.1, 0.15) is 19.3 Å². The lowest BCUT2D eigenvalue weighted by Gasteiger charge is -2.53. The Balaban J connectivity index is 0.000000500. The van der Waals surface area contributed by atoms with Gasteiger partial charge in [0.1, 0.15) is 0 Å². The Morgan fingerprint density at radius 2 is 2.10 bits per heavy atom. The van der Waals surface area contributed by atoms with E-state index in [1.807, 2.05) is 0 Å². The summed E-state index contributed by atoms with van der Waals surface area (Å²) in [6.45, 7) is 1.21. The fourth-order valence-corrected chi connectivity index (χ4v) is 1.83. The van der Waals surface area contributed by atoms with Crippen molar-refractivity contribution in [1.82, 2.24) is 5.32 Å². The summed E-state index contributed by atoms with van der Waals surface area (Å²) >= 11 is 0. The summed E-state index contributed by atoms with van der Waals surface area (Å²) in [5, 5.41) is 3.43. The quantitative estimate of drug-likeness (QED) is 0.521. The van der Waals surface area contributed by atoms with Gasteiger partial charge in [0.05, 0.1) is 0 Å². The van der Waals surface area contributed by atoms with Crippen LogP contribution in [0.2, 0.25) is 0 Å². The molecule has 1 heterocycles. The minimum atomic E-state index is 0. The lowest BCUT2D eigenvalue weighted by Crippen LogP contribution is -2.64. The molecule has 0 amide bonds. The van der Waals surface area contributed by atoms with E-state index in [2.05, 4.69) is 11.2 Å². The average molecular weight is 158 g/mol. The molecule has 1 saturated heterocycles. The molecule has 0 aromatic carbocycles. The first-order valence-corrected chi connectivity index (χ1v) is 3.56. The van der Waals surface area contributed by atoms with Crippen molar-refractivity contribution in [2.75, 3.05) is 6.54 Å². The van der Waals surface area contributed by atoms with Gasteiger partial charge >= 0.3 is 0 Å². The second-order valence-corrected chi connectivity index (χ2v) is 3.23. The first kappa shape index (κ1) is 7.91. The van der Waals surface area contributed by atoms with Gasteiger partial charge in [0.15, 0.2) is 0 Å². The molecule has 10 heavy (non-hydrogen) atoms. The largest absolute Gasteiger partial charge is 0.311 e. The highest BCUT2D eigenvalue weighted by Crippen LogP contribution is 2.43. The third-order valence-electron chi connectivity index (χ3n) is 2.61. The van der Waals surface area contributed by atoms with E-state index >= 15 is 0 Å². The van der Waals surface area contributed by atoms with Crippen LogP contribution in [0.25, 0.3) is 0 Å². The van der Waals surface area contributed by atoms with Crippen LogP contribution in [-0.2, 0) is 0 Å². The summed E-state index contributed by atoms with van der Waals surface area (Å²) in [4.78, 5) is 0. The van der Waals surface area contributed by atoms with Gasteiger partial charge in [-0.1, -0.05) is 0 Å². The highest BCUT2D eigenvalue weighted by molar-refractivity contribution is 5.85. The molecule has 1 spiro atoms. The lowest BCUT2D eigenvalue weighted by atomic mass is 9.63. The van der Waals surface area contributed by atoms with E-state index in [1.54, 1.807) is 0 Å². The van der Waals surface area contributed by atoms with Gasteiger partial charge in [0, 0.05) is 11.5 Å². The van der Waals surface area contributed by atoms with E-state index in [4.69, 9.17) is 6.42 Å². The third-order valence-corrected chi connectivity index (χ3v) is 2.61. The number of hydrogen-bond acceptors (Lipinski definition) is 1. The Morgan fingerprint density at radius 1 is 1.50 bits per heavy atom. The van der Waals surface area contributed by atoms with Gasteiger partial charge in [-0.25, -0.2) is 0 Å². The molecule has 0 radical (unpaired) electrons. The van der Waals surface area contributed by atoms with Crippen molar-refractivity contribution in [3.05, 3.63) is 0 Å². The Labute approximate surface area is 68.0 Å². The summed E-state index contributed by atoms with van der Waals surface area (Å²) in [5.41, 5.74) is 0.525. The molecule has 0 aromatic heterocycles. The molecule has 56 valence electrons. The average Bonchev–Trinajstić information content (AvgIpc) is 1.59. The summed E-state index contributed by atoms with van der Waals surface area (Å²) in [6, 6.07) is 0. The molecular weight excluding hydrogens is 146 g/mol. The van der Waals surface area contributed by atoms with Crippen LogP contribution in [0, 0.1) is 18.3 Å². The van der Waals surface area contributed by atoms with E-state index < -0.39 is 0 Å². The smallest absolute Gasteiger partial charge is 0.0235 e. The Bertz CT molecular complexity index is 159. The second-order valence-electron chi connectivity index (χ2n) is 3.23. The zero-order valence-electron chi connectivity index (χ0n) is 5.89. The van der Waals surface area contributed by atoms with Crippen molar-refractivity contribution in [3.8, 4) is 12.3 Å². The minimum absolute atomic E-state index is 0. The van der Waals surface area contributed by atoms with Gasteiger partial charge in [-0.2, -0.15) is 0 Å². The summed E-state index contributed by atoms with van der Waals surface area (Å²) in [6.07, 6.45) is 9.06. The zero-order chi connectivity index (χ0) is 6.32. The van der Waals surface area contributed by atoms with E-state index in [1.165, 1.54) is 25.8 Å². The maximum absolute atomic E-state index is 5.26. The van der Waals surface area contributed by atoms with E-state index in [-0.39, 0.29) is 12.4 Å². The Kier molecular flexibility index (Phi) is 1.94. The van der Waals surface area contributed by atoms with Crippen LogP contribution in [0.3, 0.4) is 0 Å². The molecule has 1 aliphatic heterocycles. The fourth-order valence-electron chi connectivity index (χ4n) is 1.83. The van der Waals surface area contributed by atoms with E-state index in [0.717, 1.165) is 0 Å². The van der Waals surface area contributed by atoms with Gasteiger partial charge < -0.3 is 5.32 Å². The van der Waals surface area contributed by atoms with Crippen LogP contribution < -0.4 is 5.32 Å². The molecule has 0 atom stereocenters. The number of hydrogen-bond donors (Lipinski definition) is 1. The van der Waals surface area contributed by atoms with Crippen LogP contribution in [0.15, 0.2) is 0 Å². The van der Waals surface area contributed by atoms with Crippen LogP contribution in [0.5, 0.6) is 0 Å². The molecule has 1 saturated carbocycles. The number of nitrogens with one attached hydrogen (secondary N) is 1. The topological polar surface area (TPSA) is 12.0 Å². The lowest BCUT2D eigenvalue weighted by molar-refractivity contribution is 0.0670. The molecule has 1 aliphatic carbocycles. The van der Waals surface area contributed by atoms with E-state index in [0.29, 0.717) is 11.5 Å². The van der Waals surface area contributed by atoms with Crippen molar-refractivity contribution in [2.45, 2.75) is 24.8 Å². The van der Waals surface area contributed by atoms with Crippen molar-refractivity contribution in [3.63, 3.8) is 0 Å². The second kappa shape index (κ2) is 2.45. The highest BCUT2D eigenvalue weighted by atomic mass is 35.5. The van der Waals surface area contributed by atoms with Gasteiger partial charge in [-0.15, -0.1) is 24.8 Å². The van der Waals surface area contributed by atoms with Crippen molar-refractivity contribution in [2.24, 2.45) is 5.92 Å². The van der Waals surface area contributed by atoms with Crippen molar-refractivity contribution >= 4 is 12.4 Å². The van der Waals surface area contributed by atoms with Gasteiger partial charge in [-0.05, 0) is 25.8 Å². The number of rotatable bonds is 0. The predicted octanol–water partition coefficient (Wildman–Crippen LogP) is 1.18. The van der Waals surface area contributed by atoms with Crippen LogP contribution in [0.4, 0.5) is 0 Å². The highest BCUT2D eigenvalue weighted by Gasteiger charge is 2.47. The molecule has 1 N–H and O–H groups in total. The number of terminal acetylenes is 1. The Morgan fingerprint density at radius 3 is 2.40 bits per heavy atom. The normalized spacial score (nSPS) is 42.5. The molecule has 0 unspecified atom stereocenters. The van der Waals surface area contributed by atoms with Crippen molar-refractivity contribution < 1.29 is 0 Å². The molecule has 0 aromatic rings. The maximum Gasteiger partial charge on any atom is 0.0235 e. The first-order chi connectivity index (χ1) is 4.35. The SMILES string of the molecule is C#CC1CC2(CCN2)C1.Cl. The minimum Gasteiger partial charge on any atom is -0.311 e. The Hall–Kier alpha value is -0.190. The third kappa shape index (κ3) is 0.923. The van der Waals surface area contributed by atoms with Crippen molar-refractivity contribution in [1.29, 1.82) is 0 Å². The molecule has 2 heteroatoms. The number of halogens is 1. The molecule has 2 aliphatic rings. The van der Waals surface area contributed by atoms with Crippen LogP contribution in [-0.4, -0.2) is 12.1 Å². The fraction of sp³-hybridized carbons (Fsp3) is 0.750. The zero-order valence-corrected chi connectivity index (χ0v) is 6.71. The molecule has 2 fully saturated rings. The van der Waals surface area contributed by atoms with Gasteiger partial charge in [-0.3, -0.25) is 0 Å². The van der Waals surface area contributed by atoms with Gasteiger partial charge in [0.25, 0.3) is 0 Å². The molecule has 2 rings (SSSR count). The van der Waals surface area contributed by atoms with Crippen LogP contribution >= 0.6 is 12.4 Å². The molecule has 0 bridgehead atoms. The van der Waals surface area contributed by atoms with E-state index in [9.17, 15) is 0 Å². The molecule has 1 nitrogen and oxygen atoms in total. The monoisotopic (exact) mass is 157 g/mol. The predicted molar refractivity (Wildman–Crippen MR) is 44.2 cm³/mol. The summed E-state index contributed by atoms with van der Waals surface area (Å²) in [5.74, 6) is 3.37. The van der Waals surface area contributed by atoms with Gasteiger partial charge in [0.2, 0.25) is 0 Å². The standard InChI is InChI=1S/C8H11N.ClH/c1-2-7-5-8(6-7)3-4-9-8;/h1,7,9H,3-6H2;1H. The first-order valence-electron chi connectivity index (χ1n) is 3.56. The molecular formula is C8H12ClN. The maximum atomic E-state index is 5.26. The summed E-state index contributed by atoms with van der Waals surface area (Å²) < 4.78 is 0. The summed E-state index contributed by atoms with van der Waals surface area (Å²) in [7, 11) is 0.